The fourth-order valence-electron chi connectivity index (χ4n) is 1.52. The number of methoxy groups -OCH3 is 1. The standard InChI is InChI=1S/C15H22ClNO2/c1-12(2)6-8-19-15-5-4-14(16)10-13(15)11-17-7-9-18-3/h4-6,10,17H,7-9,11H2,1-3H3. The molecule has 0 aromatic heterocycles. The number of halogens is 1. The van der Waals surface area contributed by atoms with Gasteiger partial charge in [-0.1, -0.05) is 17.2 Å². The summed E-state index contributed by atoms with van der Waals surface area (Å²) in [5, 5.41) is 4.01. The lowest BCUT2D eigenvalue weighted by Crippen LogP contribution is -2.19. The van der Waals surface area contributed by atoms with E-state index < -0.39 is 0 Å². The molecule has 0 heterocycles. The van der Waals surface area contributed by atoms with Crippen molar-refractivity contribution in [3.05, 3.63) is 40.4 Å². The molecule has 0 fully saturated rings. The predicted octanol–water partition coefficient (Wildman–Crippen LogP) is 3.42. The highest BCUT2D eigenvalue weighted by Crippen LogP contribution is 2.23. The molecule has 0 aliphatic heterocycles. The summed E-state index contributed by atoms with van der Waals surface area (Å²) in [7, 11) is 1.69. The van der Waals surface area contributed by atoms with Gasteiger partial charge in [0.25, 0.3) is 0 Å². The Balaban J connectivity index is 2.60. The molecule has 0 aliphatic rings. The molecule has 0 spiro atoms. The van der Waals surface area contributed by atoms with Crippen molar-refractivity contribution in [2.24, 2.45) is 0 Å². The van der Waals surface area contributed by atoms with Crippen LogP contribution in [0.3, 0.4) is 0 Å². The maximum Gasteiger partial charge on any atom is 0.124 e. The summed E-state index contributed by atoms with van der Waals surface area (Å²) >= 11 is 6.02. The Morgan fingerprint density at radius 2 is 2.16 bits per heavy atom. The second-order valence-corrected chi connectivity index (χ2v) is 4.95. The van der Waals surface area contributed by atoms with E-state index in [1.54, 1.807) is 7.11 Å². The number of allylic oxidation sites excluding steroid dienone is 1. The summed E-state index contributed by atoms with van der Waals surface area (Å²) in [4.78, 5) is 0. The molecule has 1 rings (SSSR count). The molecule has 0 saturated heterocycles. The van der Waals surface area contributed by atoms with Gasteiger partial charge >= 0.3 is 0 Å². The first-order valence-electron chi connectivity index (χ1n) is 6.37. The van der Waals surface area contributed by atoms with Crippen LogP contribution in [-0.4, -0.2) is 26.9 Å². The van der Waals surface area contributed by atoms with Gasteiger partial charge in [-0.05, 0) is 38.1 Å². The van der Waals surface area contributed by atoms with E-state index in [9.17, 15) is 0 Å². The number of nitrogens with one attached hydrogen (secondary N) is 1. The first kappa shape index (κ1) is 16.0. The summed E-state index contributed by atoms with van der Waals surface area (Å²) < 4.78 is 10.8. The van der Waals surface area contributed by atoms with E-state index in [4.69, 9.17) is 21.1 Å². The molecular formula is C15H22ClNO2. The van der Waals surface area contributed by atoms with Crippen molar-refractivity contribution in [2.45, 2.75) is 20.4 Å². The quantitative estimate of drug-likeness (QED) is 0.586. The molecule has 1 aromatic rings. The SMILES string of the molecule is COCCNCc1cc(Cl)ccc1OCC=C(C)C. The molecule has 0 bridgehead atoms. The average Bonchev–Trinajstić information content (AvgIpc) is 2.36. The van der Waals surface area contributed by atoms with Gasteiger partial charge in [0.05, 0.1) is 6.61 Å². The Morgan fingerprint density at radius 1 is 1.37 bits per heavy atom. The number of hydrogen-bond acceptors (Lipinski definition) is 3. The van der Waals surface area contributed by atoms with Crippen LogP contribution in [0.2, 0.25) is 5.02 Å². The smallest absolute Gasteiger partial charge is 0.124 e. The van der Waals surface area contributed by atoms with E-state index in [-0.39, 0.29) is 0 Å². The zero-order chi connectivity index (χ0) is 14.1. The topological polar surface area (TPSA) is 30.5 Å². The van der Waals surface area contributed by atoms with E-state index in [1.807, 2.05) is 18.2 Å². The van der Waals surface area contributed by atoms with Crippen LogP contribution in [0.4, 0.5) is 0 Å². The van der Waals surface area contributed by atoms with Crippen LogP contribution in [-0.2, 0) is 11.3 Å². The van der Waals surface area contributed by atoms with Crippen LogP contribution in [0.1, 0.15) is 19.4 Å². The summed E-state index contributed by atoms with van der Waals surface area (Å²) in [5.41, 5.74) is 2.31. The largest absolute Gasteiger partial charge is 0.489 e. The van der Waals surface area contributed by atoms with Gasteiger partial charge in [-0.2, -0.15) is 0 Å². The molecule has 0 unspecified atom stereocenters. The number of rotatable bonds is 8. The average molecular weight is 284 g/mol. The Hall–Kier alpha value is -1.03. The Morgan fingerprint density at radius 3 is 2.84 bits per heavy atom. The van der Waals surface area contributed by atoms with Crippen LogP contribution >= 0.6 is 11.6 Å². The Labute approximate surface area is 120 Å². The van der Waals surface area contributed by atoms with E-state index in [2.05, 4.69) is 25.2 Å². The number of ether oxygens (including phenoxy) is 2. The first-order valence-corrected chi connectivity index (χ1v) is 6.75. The predicted molar refractivity (Wildman–Crippen MR) is 80.0 cm³/mol. The van der Waals surface area contributed by atoms with Crippen molar-refractivity contribution in [3.8, 4) is 5.75 Å². The van der Waals surface area contributed by atoms with Gasteiger partial charge in [-0.15, -0.1) is 0 Å². The number of benzene rings is 1. The monoisotopic (exact) mass is 283 g/mol. The highest BCUT2D eigenvalue weighted by molar-refractivity contribution is 6.30. The highest BCUT2D eigenvalue weighted by atomic mass is 35.5. The molecule has 0 saturated carbocycles. The molecule has 0 amide bonds. The first-order chi connectivity index (χ1) is 9.13. The van der Waals surface area contributed by atoms with Gasteiger partial charge in [0.1, 0.15) is 12.4 Å². The lowest BCUT2D eigenvalue weighted by molar-refractivity contribution is 0.199. The van der Waals surface area contributed by atoms with Gasteiger partial charge in [0, 0.05) is 30.8 Å². The van der Waals surface area contributed by atoms with Crippen LogP contribution in [0.25, 0.3) is 0 Å². The minimum atomic E-state index is 0.578. The molecule has 4 heteroatoms. The fourth-order valence-corrected chi connectivity index (χ4v) is 1.72. The van der Waals surface area contributed by atoms with E-state index >= 15 is 0 Å². The molecule has 19 heavy (non-hydrogen) atoms. The number of hydrogen-bond donors (Lipinski definition) is 1. The molecule has 1 aromatic carbocycles. The molecular weight excluding hydrogens is 262 g/mol. The van der Waals surface area contributed by atoms with Gasteiger partial charge in [-0.25, -0.2) is 0 Å². The third-order valence-corrected chi connectivity index (χ3v) is 2.79. The van der Waals surface area contributed by atoms with Crippen molar-refractivity contribution in [3.63, 3.8) is 0 Å². The fraction of sp³-hybridized carbons (Fsp3) is 0.467. The molecule has 0 radical (unpaired) electrons. The van der Waals surface area contributed by atoms with Gasteiger partial charge < -0.3 is 14.8 Å². The molecule has 1 N–H and O–H groups in total. The van der Waals surface area contributed by atoms with E-state index in [0.717, 1.165) is 22.9 Å². The summed E-state index contributed by atoms with van der Waals surface area (Å²) in [6.45, 7) is 6.89. The van der Waals surface area contributed by atoms with Crippen molar-refractivity contribution in [1.82, 2.24) is 5.32 Å². The minimum absolute atomic E-state index is 0.578. The highest BCUT2D eigenvalue weighted by Gasteiger charge is 2.04. The summed E-state index contributed by atoms with van der Waals surface area (Å²) in [5.74, 6) is 0.867. The third-order valence-electron chi connectivity index (χ3n) is 2.55. The molecule has 106 valence electrons. The lowest BCUT2D eigenvalue weighted by atomic mass is 10.2. The second-order valence-electron chi connectivity index (χ2n) is 4.51. The minimum Gasteiger partial charge on any atom is -0.489 e. The van der Waals surface area contributed by atoms with Gasteiger partial charge in [-0.3, -0.25) is 0 Å². The molecule has 0 aliphatic carbocycles. The summed E-state index contributed by atoms with van der Waals surface area (Å²) in [6.07, 6.45) is 2.05. The van der Waals surface area contributed by atoms with Crippen LogP contribution < -0.4 is 10.1 Å². The third kappa shape index (κ3) is 6.62. The van der Waals surface area contributed by atoms with E-state index in [0.29, 0.717) is 19.8 Å². The zero-order valence-electron chi connectivity index (χ0n) is 11.8. The maximum absolute atomic E-state index is 6.02. The second kappa shape index (κ2) is 8.97. The van der Waals surface area contributed by atoms with Crippen LogP contribution in [0, 0.1) is 0 Å². The summed E-state index contributed by atoms with van der Waals surface area (Å²) in [6, 6.07) is 5.69. The van der Waals surface area contributed by atoms with Crippen molar-refractivity contribution < 1.29 is 9.47 Å². The van der Waals surface area contributed by atoms with Crippen molar-refractivity contribution >= 4 is 11.6 Å². The Bertz CT molecular complexity index is 415. The Kier molecular flexibility index (Phi) is 7.56. The van der Waals surface area contributed by atoms with Gasteiger partial charge in [0.2, 0.25) is 0 Å². The van der Waals surface area contributed by atoms with E-state index in [1.165, 1.54) is 5.57 Å². The van der Waals surface area contributed by atoms with Crippen molar-refractivity contribution in [2.75, 3.05) is 26.9 Å². The lowest BCUT2D eigenvalue weighted by Gasteiger charge is -2.12. The molecule has 0 atom stereocenters. The van der Waals surface area contributed by atoms with Crippen LogP contribution in [0.5, 0.6) is 5.75 Å². The maximum atomic E-state index is 6.02. The zero-order valence-corrected chi connectivity index (χ0v) is 12.6. The van der Waals surface area contributed by atoms with Gasteiger partial charge in [0.15, 0.2) is 0 Å². The van der Waals surface area contributed by atoms with Crippen molar-refractivity contribution in [1.29, 1.82) is 0 Å². The van der Waals surface area contributed by atoms with Crippen LogP contribution in [0.15, 0.2) is 29.8 Å². The molecule has 3 nitrogen and oxygen atoms in total. The normalized spacial score (nSPS) is 10.3.